The Bertz CT molecular complexity index is 543. The van der Waals surface area contributed by atoms with Gasteiger partial charge in [-0.2, -0.15) is 0 Å². The summed E-state index contributed by atoms with van der Waals surface area (Å²) < 4.78 is 1.92. The van der Waals surface area contributed by atoms with Crippen molar-refractivity contribution in [1.29, 1.82) is 0 Å². The predicted molar refractivity (Wildman–Crippen MR) is 83.8 cm³/mol. The van der Waals surface area contributed by atoms with Crippen molar-refractivity contribution in [2.45, 2.75) is 37.8 Å². The van der Waals surface area contributed by atoms with Crippen LogP contribution in [0.4, 0.5) is 0 Å². The van der Waals surface area contributed by atoms with Gasteiger partial charge in [0, 0.05) is 17.3 Å². The first-order valence-electron chi connectivity index (χ1n) is 6.69. The van der Waals surface area contributed by atoms with Crippen LogP contribution in [0.25, 0.3) is 0 Å². The van der Waals surface area contributed by atoms with Gasteiger partial charge >= 0.3 is 0 Å². The monoisotopic (exact) mass is 290 g/mol. The molecular weight excluding hydrogens is 268 g/mol. The van der Waals surface area contributed by atoms with Crippen LogP contribution in [0, 0.1) is 5.41 Å². The molecule has 1 aromatic heterocycles. The zero-order valence-corrected chi connectivity index (χ0v) is 13.3. The minimum absolute atomic E-state index is 0.280. The van der Waals surface area contributed by atoms with Gasteiger partial charge in [-0.05, 0) is 29.4 Å². The molecule has 0 saturated carbocycles. The van der Waals surface area contributed by atoms with E-state index in [2.05, 4.69) is 44.1 Å². The van der Waals surface area contributed by atoms with Crippen LogP contribution < -0.4 is 0 Å². The number of thioether (sulfide) groups is 1. The summed E-state index contributed by atoms with van der Waals surface area (Å²) in [5.41, 5.74) is -0.278. The molecule has 0 saturated heterocycles. The van der Waals surface area contributed by atoms with Crippen LogP contribution in [0.3, 0.4) is 0 Å². The number of imidazole rings is 1. The van der Waals surface area contributed by atoms with Gasteiger partial charge in [-0.3, -0.25) is 0 Å². The lowest BCUT2D eigenvalue weighted by molar-refractivity contribution is -0.0781. The quantitative estimate of drug-likeness (QED) is 0.875. The Morgan fingerprint density at radius 3 is 2.30 bits per heavy atom. The van der Waals surface area contributed by atoms with Crippen LogP contribution in [0.2, 0.25) is 0 Å². The fourth-order valence-electron chi connectivity index (χ4n) is 2.27. The first kappa shape index (κ1) is 15.1. The molecule has 1 heterocycles. The number of benzene rings is 1. The minimum atomic E-state index is -0.940. The zero-order chi connectivity index (χ0) is 14.8. The van der Waals surface area contributed by atoms with Gasteiger partial charge in [-0.15, -0.1) is 11.8 Å². The maximum Gasteiger partial charge on any atom is 0.112 e. The van der Waals surface area contributed by atoms with Crippen molar-refractivity contribution in [3.8, 4) is 0 Å². The van der Waals surface area contributed by atoms with Crippen LogP contribution in [-0.2, 0) is 12.1 Å². The maximum absolute atomic E-state index is 11.3. The highest BCUT2D eigenvalue weighted by Gasteiger charge is 2.41. The van der Waals surface area contributed by atoms with Gasteiger partial charge in [0.15, 0.2) is 0 Å². The lowest BCUT2D eigenvalue weighted by Gasteiger charge is -2.41. The average Bonchev–Trinajstić information content (AvgIpc) is 2.90. The molecule has 1 aromatic carbocycles. The van der Waals surface area contributed by atoms with Gasteiger partial charge in [0.05, 0.1) is 12.9 Å². The summed E-state index contributed by atoms with van der Waals surface area (Å²) in [6.07, 6.45) is 7.41. The largest absolute Gasteiger partial charge is 0.383 e. The fourth-order valence-corrected chi connectivity index (χ4v) is 2.68. The van der Waals surface area contributed by atoms with Crippen molar-refractivity contribution in [1.82, 2.24) is 9.55 Å². The lowest BCUT2D eigenvalue weighted by atomic mass is 9.72. The summed E-state index contributed by atoms with van der Waals surface area (Å²) in [5, 5.41) is 11.3. The van der Waals surface area contributed by atoms with E-state index < -0.39 is 5.60 Å². The summed E-state index contributed by atoms with van der Waals surface area (Å²) in [4.78, 5) is 5.26. The Morgan fingerprint density at radius 1 is 1.20 bits per heavy atom. The topological polar surface area (TPSA) is 38.0 Å². The van der Waals surface area contributed by atoms with Crippen LogP contribution >= 0.6 is 11.8 Å². The molecule has 4 heteroatoms. The van der Waals surface area contributed by atoms with Crippen LogP contribution in [0.5, 0.6) is 0 Å². The predicted octanol–water partition coefficient (Wildman–Crippen LogP) is 3.54. The summed E-state index contributed by atoms with van der Waals surface area (Å²) in [6, 6.07) is 8.16. The third-order valence-corrected chi connectivity index (χ3v) is 4.52. The van der Waals surface area contributed by atoms with Gasteiger partial charge in [0.2, 0.25) is 0 Å². The Morgan fingerprint density at radius 2 is 1.85 bits per heavy atom. The number of nitrogens with zero attached hydrogens (tertiary/aromatic N) is 2. The van der Waals surface area contributed by atoms with Crippen LogP contribution in [0.1, 0.15) is 26.3 Å². The highest BCUT2D eigenvalue weighted by Crippen LogP contribution is 2.41. The molecular formula is C16H22N2OS. The summed E-state index contributed by atoms with van der Waals surface area (Å²) >= 11 is 1.70. The van der Waals surface area contributed by atoms with Gasteiger partial charge in [0.1, 0.15) is 5.60 Å². The molecule has 3 nitrogen and oxygen atoms in total. The second kappa shape index (κ2) is 5.62. The number of rotatable bonds is 4. The van der Waals surface area contributed by atoms with Crippen molar-refractivity contribution in [3.63, 3.8) is 0 Å². The van der Waals surface area contributed by atoms with E-state index in [4.69, 9.17) is 0 Å². The number of hydrogen-bond acceptors (Lipinski definition) is 3. The van der Waals surface area contributed by atoms with E-state index in [1.165, 1.54) is 4.90 Å². The maximum atomic E-state index is 11.3. The van der Waals surface area contributed by atoms with Gasteiger partial charge < -0.3 is 9.67 Å². The Balaban J connectivity index is 2.40. The van der Waals surface area contributed by atoms with Crippen molar-refractivity contribution >= 4 is 11.8 Å². The molecule has 1 N–H and O–H groups in total. The fraction of sp³-hybridized carbons (Fsp3) is 0.438. The van der Waals surface area contributed by atoms with E-state index in [-0.39, 0.29) is 5.41 Å². The molecule has 0 amide bonds. The third kappa shape index (κ3) is 2.91. The molecule has 108 valence electrons. The molecule has 0 aliphatic rings. The summed E-state index contributed by atoms with van der Waals surface area (Å²) in [7, 11) is 0. The molecule has 20 heavy (non-hydrogen) atoms. The molecule has 1 unspecified atom stereocenters. The standard InChI is InChI=1S/C16H22N2OS/c1-15(2,3)16(19,11-18-10-9-17-12-18)13-5-7-14(20-4)8-6-13/h5-10,12,19H,11H2,1-4H3. The van der Waals surface area contributed by atoms with Gasteiger partial charge in [0.25, 0.3) is 0 Å². The van der Waals surface area contributed by atoms with Crippen LogP contribution in [0.15, 0.2) is 47.9 Å². The SMILES string of the molecule is CSc1ccc(C(O)(Cn2ccnc2)C(C)(C)C)cc1. The number of aromatic nitrogens is 2. The van der Waals surface area contributed by atoms with E-state index in [1.807, 2.05) is 22.9 Å². The van der Waals surface area contributed by atoms with Gasteiger partial charge in [-0.1, -0.05) is 32.9 Å². The smallest absolute Gasteiger partial charge is 0.112 e. The molecule has 2 rings (SSSR count). The lowest BCUT2D eigenvalue weighted by Crippen LogP contribution is -2.43. The van der Waals surface area contributed by atoms with Gasteiger partial charge in [-0.25, -0.2) is 4.98 Å². The molecule has 0 bridgehead atoms. The highest BCUT2D eigenvalue weighted by molar-refractivity contribution is 7.98. The Kier molecular flexibility index (Phi) is 4.25. The number of aliphatic hydroxyl groups is 1. The molecule has 0 fully saturated rings. The van der Waals surface area contributed by atoms with E-state index in [0.717, 1.165) is 5.56 Å². The summed E-state index contributed by atoms with van der Waals surface area (Å²) in [6.45, 7) is 6.68. The first-order chi connectivity index (χ1) is 9.37. The van der Waals surface area contributed by atoms with E-state index in [0.29, 0.717) is 6.54 Å². The van der Waals surface area contributed by atoms with E-state index in [9.17, 15) is 5.11 Å². The molecule has 0 radical (unpaired) electrons. The summed E-state index contributed by atoms with van der Waals surface area (Å²) in [5.74, 6) is 0. The van der Waals surface area contributed by atoms with Crippen molar-refractivity contribution in [3.05, 3.63) is 48.5 Å². The Hall–Kier alpha value is -1.26. The van der Waals surface area contributed by atoms with E-state index >= 15 is 0 Å². The van der Waals surface area contributed by atoms with Crippen molar-refractivity contribution in [2.24, 2.45) is 5.41 Å². The molecule has 0 aliphatic carbocycles. The molecule has 1 atom stereocenters. The highest BCUT2D eigenvalue weighted by atomic mass is 32.2. The normalized spacial score (nSPS) is 15.1. The third-order valence-electron chi connectivity index (χ3n) is 3.78. The van der Waals surface area contributed by atoms with Crippen molar-refractivity contribution < 1.29 is 5.11 Å². The average molecular weight is 290 g/mol. The van der Waals surface area contributed by atoms with Crippen LogP contribution in [-0.4, -0.2) is 20.9 Å². The van der Waals surface area contributed by atoms with Crippen molar-refractivity contribution in [2.75, 3.05) is 6.26 Å². The molecule has 0 aliphatic heterocycles. The first-order valence-corrected chi connectivity index (χ1v) is 7.92. The Labute approximate surface area is 125 Å². The molecule has 0 spiro atoms. The molecule has 2 aromatic rings. The zero-order valence-electron chi connectivity index (χ0n) is 12.5. The second-order valence-corrected chi connectivity index (χ2v) is 6.95. The van der Waals surface area contributed by atoms with E-state index in [1.54, 1.807) is 24.3 Å². The number of hydrogen-bond donors (Lipinski definition) is 1. The second-order valence-electron chi connectivity index (χ2n) is 6.07. The minimum Gasteiger partial charge on any atom is -0.383 e.